The van der Waals surface area contributed by atoms with E-state index in [2.05, 4.69) is 0 Å². The zero-order chi connectivity index (χ0) is 18.8. The van der Waals surface area contributed by atoms with Crippen LogP contribution in [0.4, 0.5) is 13.2 Å². The van der Waals surface area contributed by atoms with Crippen LogP contribution in [0, 0.1) is 5.41 Å². The lowest BCUT2D eigenvalue weighted by molar-refractivity contribution is -0.227. The molecule has 0 radical (unpaired) electrons. The summed E-state index contributed by atoms with van der Waals surface area (Å²) < 4.78 is 39.6. The Balaban J connectivity index is 2.05. The van der Waals surface area contributed by atoms with Crippen molar-refractivity contribution in [1.82, 2.24) is 4.90 Å². The van der Waals surface area contributed by atoms with E-state index in [9.17, 15) is 22.8 Å². The lowest BCUT2D eigenvalue weighted by atomic mass is 9.86. The maximum Gasteiger partial charge on any atom is 0.406 e. The first-order valence-electron chi connectivity index (χ1n) is 8.27. The summed E-state index contributed by atoms with van der Waals surface area (Å²) in [5, 5.41) is 9.05. The molecule has 0 aliphatic carbocycles. The maximum absolute atomic E-state index is 13.2. The van der Waals surface area contributed by atoms with Gasteiger partial charge in [-0.05, 0) is 29.9 Å². The summed E-state index contributed by atoms with van der Waals surface area (Å²) in [5.41, 5.74) is -0.752. The molecule has 4 nitrogen and oxygen atoms in total. The number of carboxylic acid groups (broad SMARTS) is 1. The van der Waals surface area contributed by atoms with Gasteiger partial charge in [-0.3, -0.25) is 9.59 Å². The molecule has 1 saturated heterocycles. The second-order valence-electron chi connectivity index (χ2n) is 6.65. The van der Waals surface area contributed by atoms with E-state index in [0.29, 0.717) is 0 Å². The Morgan fingerprint density at radius 1 is 1.28 bits per heavy atom. The maximum atomic E-state index is 13.2. The number of hydrogen-bond donors (Lipinski definition) is 1. The number of nitrogens with zero attached hydrogens (tertiary/aromatic N) is 1. The number of carboxylic acids is 1. The molecule has 2 rings (SSSR count). The fourth-order valence-corrected chi connectivity index (χ4v) is 3.14. The van der Waals surface area contributed by atoms with Crippen LogP contribution in [-0.2, 0) is 16.0 Å². The third-order valence-electron chi connectivity index (χ3n) is 5.01. The highest BCUT2D eigenvalue weighted by Gasteiger charge is 2.64. The van der Waals surface area contributed by atoms with Gasteiger partial charge >= 0.3 is 12.1 Å². The molecule has 25 heavy (non-hydrogen) atoms. The number of amides is 1. The Bertz CT molecular complexity index is 642. The van der Waals surface area contributed by atoms with Crippen LogP contribution >= 0.6 is 0 Å². The minimum absolute atomic E-state index is 0.0546. The first-order valence-corrected chi connectivity index (χ1v) is 8.27. The van der Waals surface area contributed by atoms with Crippen molar-refractivity contribution in [2.24, 2.45) is 5.41 Å². The van der Waals surface area contributed by atoms with Gasteiger partial charge in [-0.15, -0.1) is 0 Å². The molecule has 1 aromatic rings. The van der Waals surface area contributed by atoms with Crippen LogP contribution in [0.1, 0.15) is 43.7 Å². The van der Waals surface area contributed by atoms with Gasteiger partial charge in [-0.1, -0.05) is 38.1 Å². The summed E-state index contributed by atoms with van der Waals surface area (Å²) in [6.45, 7) is 2.87. The predicted molar refractivity (Wildman–Crippen MR) is 86.2 cm³/mol. The molecule has 138 valence electrons. The summed E-state index contributed by atoms with van der Waals surface area (Å²) in [4.78, 5) is 24.6. The van der Waals surface area contributed by atoms with Gasteiger partial charge in [0, 0.05) is 19.5 Å². The van der Waals surface area contributed by atoms with Crippen LogP contribution in [-0.4, -0.2) is 41.1 Å². The molecule has 2 unspecified atom stereocenters. The van der Waals surface area contributed by atoms with Gasteiger partial charge in [0.2, 0.25) is 5.91 Å². The van der Waals surface area contributed by atoms with Crippen molar-refractivity contribution in [3.63, 3.8) is 0 Å². The summed E-state index contributed by atoms with van der Waals surface area (Å²) >= 11 is 0. The molecule has 0 bridgehead atoms. The van der Waals surface area contributed by atoms with Gasteiger partial charge in [-0.2, -0.15) is 13.2 Å². The highest BCUT2D eigenvalue weighted by Crippen LogP contribution is 2.46. The molecule has 2 atom stereocenters. The summed E-state index contributed by atoms with van der Waals surface area (Å²) in [7, 11) is 0. The molecule has 7 heteroatoms. The summed E-state index contributed by atoms with van der Waals surface area (Å²) in [5.74, 6) is -2.51. The van der Waals surface area contributed by atoms with Crippen LogP contribution in [0.3, 0.4) is 0 Å². The fourth-order valence-electron chi connectivity index (χ4n) is 3.14. The van der Waals surface area contributed by atoms with E-state index in [1.807, 2.05) is 38.1 Å². The molecule has 1 aliphatic heterocycles. The Labute approximate surface area is 144 Å². The lowest BCUT2D eigenvalue weighted by Gasteiger charge is -2.27. The average Bonchev–Trinajstić information content (AvgIpc) is 3.01. The third-order valence-corrected chi connectivity index (χ3v) is 5.01. The van der Waals surface area contributed by atoms with Crippen LogP contribution in [0.25, 0.3) is 0 Å². The van der Waals surface area contributed by atoms with E-state index in [0.717, 1.165) is 16.9 Å². The molecule has 1 fully saturated rings. The first-order chi connectivity index (χ1) is 11.6. The quantitative estimate of drug-likeness (QED) is 0.876. The topological polar surface area (TPSA) is 57.6 Å². The van der Waals surface area contributed by atoms with Crippen molar-refractivity contribution in [2.45, 2.75) is 45.2 Å². The van der Waals surface area contributed by atoms with Gasteiger partial charge in [-0.25, -0.2) is 0 Å². The Kier molecular flexibility index (Phi) is 5.44. The SMILES string of the molecule is CCc1ccc(C(C)CC(=O)N2CCC(C(=O)O)(C(F)(F)F)C2)cc1. The zero-order valence-electron chi connectivity index (χ0n) is 14.3. The monoisotopic (exact) mass is 357 g/mol. The standard InChI is InChI=1S/C18H22F3NO3/c1-3-13-4-6-14(7-5-13)12(2)10-15(23)22-9-8-17(11-22,16(24)25)18(19,20)21/h4-7,12H,3,8-11H2,1-2H3,(H,24,25). The number of alkyl halides is 3. The van der Waals surface area contributed by atoms with Crippen molar-refractivity contribution in [3.8, 4) is 0 Å². The van der Waals surface area contributed by atoms with E-state index < -0.39 is 36.4 Å². The molecule has 0 spiro atoms. The summed E-state index contributed by atoms with van der Waals surface area (Å²) in [6, 6.07) is 7.76. The Hall–Kier alpha value is -2.05. The highest BCUT2D eigenvalue weighted by molar-refractivity contribution is 5.81. The number of carbonyl (C=O) groups is 2. The second-order valence-corrected chi connectivity index (χ2v) is 6.65. The molecular weight excluding hydrogens is 335 g/mol. The Morgan fingerprint density at radius 2 is 1.88 bits per heavy atom. The van der Waals surface area contributed by atoms with Crippen LogP contribution < -0.4 is 0 Å². The first kappa shape index (κ1) is 19.3. The van der Waals surface area contributed by atoms with E-state index in [-0.39, 0.29) is 18.9 Å². The minimum atomic E-state index is -4.88. The van der Waals surface area contributed by atoms with Crippen LogP contribution in [0.2, 0.25) is 0 Å². The number of carbonyl (C=O) groups excluding carboxylic acids is 1. The fraction of sp³-hybridized carbons (Fsp3) is 0.556. The van der Waals surface area contributed by atoms with Crippen molar-refractivity contribution in [3.05, 3.63) is 35.4 Å². The van der Waals surface area contributed by atoms with Gasteiger partial charge in [0.15, 0.2) is 5.41 Å². The largest absolute Gasteiger partial charge is 0.481 e. The van der Waals surface area contributed by atoms with Crippen molar-refractivity contribution >= 4 is 11.9 Å². The number of aliphatic carboxylic acids is 1. The van der Waals surface area contributed by atoms with E-state index >= 15 is 0 Å². The minimum Gasteiger partial charge on any atom is -0.481 e. The molecule has 0 aromatic heterocycles. The van der Waals surface area contributed by atoms with Gasteiger partial charge in [0.1, 0.15) is 0 Å². The summed E-state index contributed by atoms with van der Waals surface area (Å²) in [6.07, 6.45) is -4.53. The molecule has 1 N–H and O–H groups in total. The van der Waals surface area contributed by atoms with Crippen molar-refractivity contribution in [1.29, 1.82) is 0 Å². The van der Waals surface area contributed by atoms with Crippen LogP contribution in [0.5, 0.6) is 0 Å². The average molecular weight is 357 g/mol. The second kappa shape index (κ2) is 7.06. The smallest absolute Gasteiger partial charge is 0.406 e. The van der Waals surface area contributed by atoms with E-state index in [1.165, 1.54) is 5.56 Å². The highest BCUT2D eigenvalue weighted by atomic mass is 19.4. The van der Waals surface area contributed by atoms with Crippen LogP contribution in [0.15, 0.2) is 24.3 Å². The molecule has 1 aromatic carbocycles. The normalized spacial score (nSPS) is 22.0. The number of rotatable bonds is 5. The number of hydrogen-bond acceptors (Lipinski definition) is 2. The molecular formula is C18H22F3NO3. The van der Waals surface area contributed by atoms with E-state index in [4.69, 9.17) is 5.11 Å². The number of halogens is 3. The van der Waals surface area contributed by atoms with E-state index in [1.54, 1.807) is 0 Å². The van der Waals surface area contributed by atoms with Gasteiger partial charge in [0.25, 0.3) is 0 Å². The zero-order valence-corrected chi connectivity index (χ0v) is 14.3. The Morgan fingerprint density at radius 3 is 2.32 bits per heavy atom. The lowest BCUT2D eigenvalue weighted by Crippen LogP contribution is -2.47. The molecule has 1 amide bonds. The number of aryl methyl sites for hydroxylation is 1. The molecule has 0 saturated carbocycles. The number of benzene rings is 1. The molecule has 1 heterocycles. The number of likely N-dealkylation sites (tertiary alicyclic amines) is 1. The third kappa shape index (κ3) is 3.80. The van der Waals surface area contributed by atoms with Crippen molar-refractivity contribution in [2.75, 3.05) is 13.1 Å². The van der Waals surface area contributed by atoms with Gasteiger partial charge in [0.05, 0.1) is 0 Å². The predicted octanol–water partition coefficient (Wildman–Crippen LogP) is 3.61. The van der Waals surface area contributed by atoms with Crippen molar-refractivity contribution < 1.29 is 27.9 Å². The molecule has 1 aliphatic rings. The van der Waals surface area contributed by atoms with Gasteiger partial charge < -0.3 is 10.0 Å².